The van der Waals surface area contributed by atoms with Crippen LogP contribution in [0.4, 0.5) is 0 Å². The molecule has 0 fully saturated rings. The van der Waals surface area contributed by atoms with Gasteiger partial charge in [0.2, 0.25) is 0 Å². The van der Waals surface area contributed by atoms with Gasteiger partial charge in [0.15, 0.2) is 12.2 Å². The van der Waals surface area contributed by atoms with Crippen molar-refractivity contribution in [2.24, 2.45) is 0 Å². The molecule has 0 radical (unpaired) electrons. The molecule has 4 rings (SSSR count). The molecule has 6 nitrogen and oxygen atoms in total. The van der Waals surface area contributed by atoms with Crippen LogP contribution in [0.5, 0.6) is 11.5 Å². The predicted molar refractivity (Wildman–Crippen MR) is 155 cm³/mol. The molecule has 0 aliphatic rings. The molecular weight excluding hydrogens is 504 g/mol. The first-order valence-electron chi connectivity index (χ1n) is 12.9. The van der Waals surface area contributed by atoms with Gasteiger partial charge in [-0.15, -0.1) is 0 Å². The average Bonchev–Trinajstić information content (AvgIpc) is 2.98. The first kappa shape index (κ1) is 28.2. The molecule has 2 unspecified atom stereocenters. The maximum absolute atomic E-state index is 12.3. The molecule has 0 amide bonds. The monoisotopic (exact) mass is 536 g/mol. The van der Waals surface area contributed by atoms with E-state index in [9.17, 15) is 9.59 Å². The summed E-state index contributed by atoms with van der Waals surface area (Å²) in [5.41, 5.74) is 2.27. The van der Waals surface area contributed by atoms with Crippen molar-refractivity contribution >= 4 is 22.7 Å². The molecule has 0 N–H and O–H groups in total. The largest absolute Gasteiger partial charge is 0.489 e. The van der Waals surface area contributed by atoms with Gasteiger partial charge in [-0.2, -0.15) is 0 Å². The molecule has 6 heteroatoms. The number of carbonyl (C=O) groups is 2. The summed E-state index contributed by atoms with van der Waals surface area (Å²) in [6.07, 6.45) is -1.23. The van der Waals surface area contributed by atoms with Crippen molar-refractivity contribution in [3.05, 3.63) is 132 Å². The van der Waals surface area contributed by atoms with Crippen LogP contribution < -0.4 is 9.47 Å². The predicted octanol–water partition coefficient (Wildman–Crippen LogP) is 7.32. The molecule has 0 spiro atoms. The molecule has 0 saturated carbocycles. The summed E-state index contributed by atoms with van der Waals surface area (Å²) in [7, 11) is 0. The Morgan fingerprint density at radius 1 is 0.575 bits per heavy atom. The van der Waals surface area contributed by atoms with Crippen LogP contribution in [0.3, 0.4) is 0 Å². The van der Waals surface area contributed by atoms with E-state index < -0.39 is 24.1 Å². The lowest BCUT2D eigenvalue weighted by Gasteiger charge is -2.21. The standard InChI is InChI=1S/C34H32O6/c1-23(2)33(35)39-31(25-13-7-5-8-14-25)21-37-29-19-20-30(28-18-12-11-17-27(28)29)38-22-32(40-34(36)24(3)4)26-15-9-6-10-16-26/h5-20,31-32H,1,3,21-22H2,2,4H3. The van der Waals surface area contributed by atoms with E-state index in [0.717, 1.165) is 21.9 Å². The number of rotatable bonds is 12. The number of ether oxygens (including phenoxy) is 4. The van der Waals surface area contributed by atoms with Crippen LogP contribution in [0.25, 0.3) is 10.8 Å². The van der Waals surface area contributed by atoms with E-state index >= 15 is 0 Å². The zero-order chi connectivity index (χ0) is 28.5. The van der Waals surface area contributed by atoms with Gasteiger partial charge >= 0.3 is 11.9 Å². The quantitative estimate of drug-likeness (QED) is 0.140. The zero-order valence-corrected chi connectivity index (χ0v) is 22.7. The van der Waals surface area contributed by atoms with Gasteiger partial charge in [-0.25, -0.2) is 9.59 Å². The van der Waals surface area contributed by atoms with Gasteiger partial charge in [0, 0.05) is 21.9 Å². The third-order valence-corrected chi connectivity index (χ3v) is 6.16. The molecule has 204 valence electrons. The van der Waals surface area contributed by atoms with Crippen LogP contribution in [0.1, 0.15) is 37.2 Å². The fraction of sp³-hybridized carbons (Fsp3) is 0.176. The molecule has 0 aliphatic carbocycles. The Hall–Kier alpha value is -4.84. The van der Waals surface area contributed by atoms with Crippen molar-refractivity contribution in [1.29, 1.82) is 0 Å². The van der Waals surface area contributed by atoms with Crippen LogP contribution in [0, 0.1) is 0 Å². The summed E-state index contributed by atoms with van der Waals surface area (Å²) in [5, 5.41) is 1.65. The first-order valence-corrected chi connectivity index (χ1v) is 12.9. The molecule has 0 saturated heterocycles. The van der Waals surface area contributed by atoms with Crippen molar-refractivity contribution in [1.82, 2.24) is 0 Å². The Bertz CT molecular complexity index is 1380. The van der Waals surface area contributed by atoms with Gasteiger partial charge in [0.1, 0.15) is 24.7 Å². The van der Waals surface area contributed by atoms with Crippen molar-refractivity contribution in [2.45, 2.75) is 26.1 Å². The second-order valence-electron chi connectivity index (χ2n) is 9.40. The lowest BCUT2D eigenvalue weighted by molar-refractivity contribution is -0.147. The highest BCUT2D eigenvalue weighted by Crippen LogP contribution is 2.35. The minimum Gasteiger partial charge on any atom is -0.489 e. The Balaban J connectivity index is 1.55. The normalized spacial score (nSPS) is 12.2. The van der Waals surface area contributed by atoms with Gasteiger partial charge in [0.05, 0.1) is 0 Å². The topological polar surface area (TPSA) is 71.1 Å². The van der Waals surface area contributed by atoms with Gasteiger partial charge in [-0.1, -0.05) is 98.1 Å². The van der Waals surface area contributed by atoms with Gasteiger partial charge in [-0.3, -0.25) is 0 Å². The highest BCUT2D eigenvalue weighted by Gasteiger charge is 2.21. The minimum absolute atomic E-state index is 0.111. The van der Waals surface area contributed by atoms with E-state index in [1.807, 2.05) is 97.1 Å². The third-order valence-electron chi connectivity index (χ3n) is 6.16. The zero-order valence-electron chi connectivity index (χ0n) is 22.7. The molecule has 40 heavy (non-hydrogen) atoms. The lowest BCUT2D eigenvalue weighted by Crippen LogP contribution is -2.19. The van der Waals surface area contributed by atoms with E-state index in [-0.39, 0.29) is 13.2 Å². The highest BCUT2D eigenvalue weighted by molar-refractivity contribution is 5.93. The summed E-state index contributed by atoms with van der Waals surface area (Å²) < 4.78 is 23.8. The van der Waals surface area contributed by atoms with Crippen molar-refractivity contribution in [3.8, 4) is 11.5 Å². The first-order chi connectivity index (χ1) is 19.3. The van der Waals surface area contributed by atoms with Crippen LogP contribution >= 0.6 is 0 Å². The van der Waals surface area contributed by atoms with E-state index in [4.69, 9.17) is 18.9 Å². The summed E-state index contributed by atoms with van der Waals surface area (Å²) >= 11 is 0. The van der Waals surface area contributed by atoms with Gasteiger partial charge in [-0.05, 0) is 37.1 Å². The molecule has 0 aromatic heterocycles. The van der Waals surface area contributed by atoms with Crippen LogP contribution in [-0.2, 0) is 19.1 Å². The maximum Gasteiger partial charge on any atom is 0.333 e. The van der Waals surface area contributed by atoms with Crippen LogP contribution in [-0.4, -0.2) is 25.2 Å². The molecule has 0 aliphatic heterocycles. The van der Waals surface area contributed by atoms with Crippen molar-refractivity contribution in [3.63, 3.8) is 0 Å². The number of benzene rings is 4. The maximum atomic E-state index is 12.3. The van der Waals surface area contributed by atoms with Crippen LogP contribution in [0.15, 0.2) is 121 Å². The van der Waals surface area contributed by atoms with E-state index in [2.05, 4.69) is 13.2 Å². The van der Waals surface area contributed by atoms with Crippen LogP contribution in [0.2, 0.25) is 0 Å². The third kappa shape index (κ3) is 7.17. The number of hydrogen-bond donors (Lipinski definition) is 0. The van der Waals surface area contributed by atoms with Crippen molar-refractivity contribution < 1.29 is 28.5 Å². The Labute approximate surface area is 234 Å². The van der Waals surface area contributed by atoms with E-state index in [1.165, 1.54) is 0 Å². The van der Waals surface area contributed by atoms with Gasteiger partial charge < -0.3 is 18.9 Å². The number of fused-ring (bicyclic) bond motifs is 1. The fourth-order valence-electron chi connectivity index (χ4n) is 4.02. The summed E-state index contributed by atoms with van der Waals surface area (Å²) in [6.45, 7) is 10.8. The lowest BCUT2D eigenvalue weighted by atomic mass is 10.1. The SMILES string of the molecule is C=C(C)C(=O)OC(COc1ccc(OCC(OC(=O)C(=C)C)c2ccccc2)c2ccccc12)c1ccccc1. The molecule has 4 aromatic carbocycles. The van der Waals surface area contributed by atoms with Crippen molar-refractivity contribution in [2.75, 3.05) is 13.2 Å². The molecule has 0 bridgehead atoms. The molecule has 4 aromatic rings. The van der Waals surface area contributed by atoms with E-state index in [0.29, 0.717) is 22.6 Å². The Morgan fingerprint density at radius 2 is 0.925 bits per heavy atom. The summed E-state index contributed by atoms with van der Waals surface area (Å²) in [4.78, 5) is 24.6. The summed E-state index contributed by atoms with van der Waals surface area (Å²) in [6, 6.07) is 30.2. The Kier molecular flexibility index (Phi) is 9.36. The van der Waals surface area contributed by atoms with Gasteiger partial charge in [0.25, 0.3) is 0 Å². The minimum atomic E-state index is -0.616. The number of hydrogen-bond acceptors (Lipinski definition) is 6. The number of esters is 2. The molecule has 0 heterocycles. The highest BCUT2D eigenvalue weighted by atomic mass is 16.6. The number of carbonyl (C=O) groups excluding carboxylic acids is 2. The average molecular weight is 537 g/mol. The molecule has 2 atom stereocenters. The summed E-state index contributed by atoms with van der Waals surface area (Å²) in [5.74, 6) is 0.268. The van der Waals surface area contributed by atoms with E-state index in [1.54, 1.807) is 13.8 Å². The Morgan fingerprint density at radius 3 is 1.27 bits per heavy atom. The fourth-order valence-corrected chi connectivity index (χ4v) is 4.02. The smallest absolute Gasteiger partial charge is 0.333 e. The molecular formula is C34H32O6. The second kappa shape index (κ2) is 13.3. The second-order valence-corrected chi connectivity index (χ2v) is 9.40.